The summed E-state index contributed by atoms with van der Waals surface area (Å²) in [7, 11) is 0. The number of hydrogen-bond donors (Lipinski definition) is 1. The molecule has 0 aliphatic carbocycles. The Kier molecular flexibility index (Phi) is 6.26. The van der Waals surface area contributed by atoms with Crippen molar-refractivity contribution in [3.63, 3.8) is 0 Å². The molecule has 20 heavy (non-hydrogen) atoms. The first-order chi connectivity index (χ1) is 9.37. The van der Waals surface area contributed by atoms with E-state index in [0.29, 0.717) is 6.54 Å². The molecule has 0 saturated heterocycles. The fourth-order valence-corrected chi connectivity index (χ4v) is 1.91. The van der Waals surface area contributed by atoms with E-state index in [-0.39, 0.29) is 12.2 Å². The van der Waals surface area contributed by atoms with Crippen LogP contribution in [-0.2, 0) is 6.54 Å². The van der Waals surface area contributed by atoms with Crippen LogP contribution < -0.4 is 10.2 Å². The van der Waals surface area contributed by atoms with Gasteiger partial charge in [-0.3, -0.25) is 0 Å². The summed E-state index contributed by atoms with van der Waals surface area (Å²) in [6.07, 6.45) is -3.38. The third kappa shape index (κ3) is 5.36. The summed E-state index contributed by atoms with van der Waals surface area (Å²) in [5, 5.41) is 3.12. The van der Waals surface area contributed by atoms with Crippen LogP contribution in [0.2, 0.25) is 0 Å². The van der Waals surface area contributed by atoms with Crippen molar-refractivity contribution in [1.82, 2.24) is 5.32 Å². The van der Waals surface area contributed by atoms with E-state index >= 15 is 0 Å². The monoisotopic (exact) mass is 292 g/mol. The Morgan fingerprint density at radius 3 is 2.40 bits per heavy atom. The van der Waals surface area contributed by atoms with E-state index in [1.807, 2.05) is 6.92 Å². The van der Waals surface area contributed by atoms with E-state index in [4.69, 9.17) is 0 Å². The highest BCUT2D eigenvalue weighted by Crippen LogP contribution is 2.25. The van der Waals surface area contributed by atoms with Crippen molar-refractivity contribution in [3.05, 3.63) is 29.6 Å². The Balaban J connectivity index is 2.79. The minimum absolute atomic E-state index is 0.0101. The van der Waals surface area contributed by atoms with E-state index in [9.17, 15) is 17.6 Å². The zero-order valence-corrected chi connectivity index (χ0v) is 11.7. The van der Waals surface area contributed by atoms with Gasteiger partial charge in [-0.05, 0) is 37.6 Å². The van der Waals surface area contributed by atoms with Crippen LogP contribution in [0.1, 0.15) is 25.8 Å². The van der Waals surface area contributed by atoms with Gasteiger partial charge in [0.1, 0.15) is 12.4 Å². The van der Waals surface area contributed by atoms with Gasteiger partial charge >= 0.3 is 6.18 Å². The van der Waals surface area contributed by atoms with Gasteiger partial charge in [0.25, 0.3) is 0 Å². The molecule has 1 aromatic carbocycles. The average Bonchev–Trinajstić information content (AvgIpc) is 2.36. The number of alkyl halides is 3. The van der Waals surface area contributed by atoms with Gasteiger partial charge < -0.3 is 10.2 Å². The van der Waals surface area contributed by atoms with Crippen LogP contribution >= 0.6 is 0 Å². The van der Waals surface area contributed by atoms with Crippen molar-refractivity contribution < 1.29 is 17.6 Å². The van der Waals surface area contributed by atoms with Crippen LogP contribution in [0.4, 0.5) is 23.2 Å². The lowest BCUT2D eigenvalue weighted by atomic mass is 10.1. The van der Waals surface area contributed by atoms with Gasteiger partial charge in [-0.1, -0.05) is 13.0 Å². The van der Waals surface area contributed by atoms with E-state index in [1.165, 1.54) is 12.1 Å². The molecule has 0 heterocycles. The van der Waals surface area contributed by atoms with Crippen molar-refractivity contribution in [1.29, 1.82) is 0 Å². The standard InChI is InChI=1S/C14H20F4N2/c1-3-7-19-9-11-5-6-13(12(15)8-11)20(4-2)10-14(16,17)18/h5-6,8,19H,3-4,7,9-10H2,1-2H3. The van der Waals surface area contributed by atoms with E-state index < -0.39 is 18.5 Å². The Labute approximate surface area is 116 Å². The Hall–Kier alpha value is -1.30. The predicted molar refractivity (Wildman–Crippen MR) is 72.3 cm³/mol. The highest BCUT2D eigenvalue weighted by molar-refractivity contribution is 5.49. The minimum Gasteiger partial charge on any atom is -0.360 e. The topological polar surface area (TPSA) is 15.3 Å². The average molecular weight is 292 g/mol. The molecule has 0 unspecified atom stereocenters. The maximum absolute atomic E-state index is 13.9. The second kappa shape index (κ2) is 7.47. The van der Waals surface area contributed by atoms with Crippen molar-refractivity contribution in [2.45, 2.75) is 33.0 Å². The molecule has 0 aliphatic rings. The minimum atomic E-state index is -4.34. The van der Waals surface area contributed by atoms with Gasteiger partial charge in [0.2, 0.25) is 0 Å². The van der Waals surface area contributed by atoms with Crippen LogP contribution in [0.5, 0.6) is 0 Å². The highest BCUT2D eigenvalue weighted by atomic mass is 19.4. The van der Waals surface area contributed by atoms with Gasteiger partial charge in [-0.2, -0.15) is 13.2 Å². The summed E-state index contributed by atoms with van der Waals surface area (Å²) in [6.45, 7) is 3.88. The largest absolute Gasteiger partial charge is 0.405 e. The van der Waals surface area contributed by atoms with Crippen LogP contribution in [0.3, 0.4) is 0 Å². The normalized spacial score (nSPS) is 11.7. The number of anilines is 1. The smallest absolute Gasteiger partial charge is 0.360 e. The molecule has 114 valence electrons. The SMILES string of the molecule is CCCNCc1ccc(N(CC)CC(F)(F)F)c(F)c1. The first-order valence-electron chi connectivity index (χ1n) is 6.68. The second-order valence-electron chi connectivity index (χ2n) is 4.59. The molecule has 0 spiro atoms. The lowest BCUT2D eigenvalue weighted by Gasteiger charge is -2.25. The Morgan fingerprint density at radius 2 is 1.90 bits per heavy atom. The van der Waals surface area contributed by atoms with E-state index in [1.54, 1.807) is 13.0 Å². The molecule has 0 amide bonds. The molecule has 0 radical (unpaired) electrons. The molecule has 0 bridgehead atoms. The lowest BCUT2D eigenvalue weighted by Crippen LogP contribution is -2.34. The van der Waals surface area contributed by atoms with Gasteiger partial charge in [0.15, 0.2) is 0 Å². The Bertz CT molecular complexity index is 418. The summed E-state index contributed by atoms with van der Waals surface area (Å²) in [4.78, 5) is 0.985. The zero-order chi connectivity index (χ0) is 15.2. The van der Waals surface area contributed by atoms with Crippen molar-refractivity contribution in [2.24, 2.45) is 0 Å². The molecule has 2 nitrogen and oxygen atoms in total. The lowest BCUT2D eigenvalue weighted by molar-refractivity contribution is -0.119. The molecule has 0 saturated carbocycles. The molecule has 1 N–H and O–H groups in total. The van der Waals surface area contributed by atoms with Crippen LogP contribution in [-0.4, -0.2) is 25.8 Å². The highest BCUT2D eigenvalue weighted by Gasteiger charge is 2.31. The summed E-state index contributed by atoms with van der Waals surface area (Å²) >= 11 is 0. The van der Waals surface area contributed by atoms with Crippen molar-refractivity contribution in [2.75, 3.05) is 24.5 Å². The summed E-state index contributed by atoms with van der Waals surface area (Å²) < 4.78 is 51.2. The first kappa shape index (κ1) is 16.8. The van der Waals surface area contributed by atoms with Gasteiger partial charge in [-0.15, -0.1) is 0 Å². The number of hydrogen-bond acceptors (Lipinski definition) is 2. The van der Waals surface area contributed by atoms with E-state index in [2.05, 4.69) is 5.32 Å². The van der Waals surface area contributed by atoms with Crippen molar-refractivity contribution >= 4 is 5.69 Å². The molecule has 6 heteroatoms. The van der Waals surface area contributed by atoms with Crippen LogP contribution in [0.15, 0.2) is 18.2 Å². The molecule has 0 aliphatic heterocycles. The number of rotatable bonds is 7. The number of nitrogens with one attached hydrogen (secondary N) is 1. The summed E-state index contributed by atoms with van der Waals surface area (Å²) in [5.41, 5.74) is 0.715. The summed E-state index contributed by atoms with van der Waals surface area (Å²) in [6, 6.07) is 4.35. The molecular weight excluding hydrogens is 272 g/mol. The first-order valence-corrected chi connectivity index (χ1v) is 6.68. The number of halogens is 4. The molecule has 1 rings (SSSR count). The van der Waals surface area contributed by atoms with Crippen LogP contribution in [0.25, 0.3) is 0 Å². The zero-order valence-electron chi connectivity index (χ0n) is 11.7. The molecule has 0 aromatic heterocycles. The molecule has 0 fully saturated rings. The van der Waals surface area contributed by atoms with Crippen LogP contribution in [0, 0.1) is 5.82 Å². The van der Waals surface area contributed by atoms with Gasteiger partial charge in [0.05, 0.1) is 5.69 Å². The molecule has 0 atom stereocenters. The maximum Gasteiger partial charge on any atom is 0.405 e. The molecule has 1 aromatic rings. The van der Waals surface area contributed by atoms with E-state index in [0.717, 1.165) is 23.4 Å². The predicted octanol–water partition coefficient (Wildman–Crippen LogP) is 3.71. The summed E-state index contributed by atoms with van der Waals surface area (Å²) in [5.74, 6) is -0.619. The van der Waals surface area contributed by atoms with Gasteiger partial charge in [0, 0.05) is 13.1 Å². The van der Waals surface area contributed by atoms with Crippen molar-refractivity contribution in [3.8, 4) is 0 Å². The fraction of sp³-hybridized carbons (Fsp3) is 0.571. The maximum atomic E-state index is 13.9. The fourth-order valence-electron chi connectivity index (χ4n) is 1.91. The molecular formula is C14H20F4N2. The third-order valence-corrected chi connectivity index (χ3v) is 2.86. The second-order valence-corrected chi connectivity index (χ2v) is 4.59. The Morgan fingerprint density at radius 1 is 1.20 bits per heavy atom. The van der Waals surface area contributed by atoms with Gasteiger partial charge in [-0.25, -0.2) is 4.39 Å². The number of benzene rings is 1. The third-order valence-electron chi connectivity index (χ3n) is 2.86. The number of nitrogens with zero attached hydrogens (tertiary/aromatic N) is 1. The quantitative estimate of drug-likeness (QED) is 0.609.